The summed E-state index contributed by atoms with van der Waals surface area (Å²) in [4.78, 5) is 33.4. The van der Waals surface area contributed by atoms with Crippen LogP contribution in [0.1, 0.15) is 30.2 Å². The van der Waals surface area contributed by atoms with Crippen LogP contribution in [0, 0.1) is 13.8 Å². The molecule has 2 aromatic heterocycles. The number of nitrogens with zero attached hydrogens (tertiary/aromatic N) is 3. The van der Waals surface area contributed by atoms with Crippen molar-refractivity contribution in [3.05, 3.63) is 20.8 Å². The second kappa shape index (κ2) is 6.65. The molecule has 0 spiro atoms. The van der Waals surface area contributed by atoms with Crippen molar-refractivity contribution in [2.75, 3.05) is 18.8 Å². The van der Waals surface area contributed by atoms with Crippen LogP contribution in [0.3, 0.4) is 0 Å². The molecular formula is C16H21N3O2S2. The van der Waals surface area contributed by atoms with Crippen LogP contribution in [0.25, 0.3) is 10.2 Å². The zero-order chi connectivity index (χ0) is 16.6. The first-order valence-electron chi connectivity index (χ1n) is 7.94. The van der Waals surface area contributed by atoms with Crippen LogP contribution in [-0.4, -0.2) is 39.2 Å². The molecule has 0 saturated carbocycles. The molecule has 1 fully saturated rings. The Morgan fingerprint density at radius 3 is 2.65 bits per heavy atom. The lowest BCUT2D eigenvalue weighted by atomic mass is 10.2. The highest BCUT2D eigenvalue weighted by molar-refractivity contribution is 7.99. The van der Waals surface area contributed by atoms with Crippen molar-refractivity contribution in [1.82, 2.24) is 14.5 Å². The van der Waals surface area contributed by atoms with Crippen molar-refractivity contribution in [3.63, 3.8) is 0 Å². The smallest absolute Gasteiger partial charge is 0.263 e. The Balaban J connectivity index is 1.90. The van der Waals surface area contributed by atoms with E-state index in [0.717, 1.165) is 46.6 Å². The number of thioether (sulfide) groups is 1. The minimum Gasteiger partial charge on any atom is -0.342 e. The van der Waals surface area contributed by atoms with E-state index in [1.807, 2.05) is 25.7 Å². The summed E-state index contributed by atoms with van der Waals surface area (Å²) in [6.07, 6.45) is 2.18. The maximum atomic E-state index is 12.7. The highest BCUT2D eigenvalue weighted by Gasteiger charge is 2.20. The third kappa shape index (κ3) is 3.04. The average Bonchev–Trinajstić information content (AvgIpc) is 3.14. The number of fused-ring (bicyclic) bond motifs is 1. The number of rotatable bonds is 4. The van der Waals surface area contributed by atoms with Gasteiger partial charge in [0.15, 0.2) is 5.16 Å². The van der Waals surface area contributed by atoms with E-state index in [9.17, 15) is 9.59 Å². The van der Waals surface area contributed by atoms with Gasteiger partial charge >= 0.3 is 0 Å². The molecule has 0 N–H and O–H groups in total. The predicted octanol–water partition coefficient (Wildman–Crippen LogP) is 2.81. The minimum absolute atomic E-state index is 0.00970. The van der Waals surface area contributed by atoms with Crippen LogP contribution in [0.4, 0.5) is 0 Å². The van der Waals surface area contributed by atoms with Gasteiger partial charge in [-0.3, -0.25) is 14.2 Å². The number of aromatic nitrogens is 2. The summed E-state index contributed by atoms with van der Waals surface area (Å²) >= 11 is 2.93. The maximum absolute atomic E-state index is 12.7. The van der Waals surface area contributed by atoms with Crippen molar-refractivity contribution >= 4 is 39.2 Å². The summed E-state index contributed by atoms with van der Waals surface area (Å²) in [5.74, 6) is 0.490. The van der Waals surface area contributed by atoms with Crippen LogP contribution in [0.5, 0.6) is 0 Å². The Hall–Kier alpha value is -1.34. The molecule has 5 nitrogen and oxygen atoms in total. The van der Waals surface area contributed by atoms with Crippen molar-refractivity contribution in [1.29, 1.82) is 0 Å². The van der Waals surface area contributed by atoms with E-state index >= 15 is 0 Å². The number of carbonyl (C=O) groups is 1. The number of hydrogen-bond donors (Lipinski definition) is 0. The van der Waals surface area contributed by atoms with Crippen molar-refractivity contribution in [2.45, 2.75) is 45.3 Å². The third-order valence-corrected chi connectivity index (χ3v) is 6.42. The Bertz CT molecular complexity index is 804. The largest absolute Gasteiger partial charge is 0.342 e. The molecule has 0 radical (unpaired) electrons. The fourth-order valence-electron chi connectivity index (χ4n) is 2.88. The molecule has 2 aromatic rings. The molecule has 0 aromatic carbocycles. The molecule has 3 heterocycles. The molecule has 0 aliphatic carbocycles. The lowest BCUT2D eigenvalue weighted by molar-refractivity contribution is -0.127. The summed E-state index contributed by atoms with van der Waals surface area (Å²) in [6.45, 7) is 8.21. The first-order chi connectivity index (χ1) is 11.0. The van der Waals surface area contributed by atoms with Gasteiger partial charge in [0, 0.05) is 24.5 Å². The van der Waals surface area contributed by atoms with Gasteiger partial charge in [-0.2, -0.15) is 0 Å². The number of amides is 1. The Kier molecular flexibility index (Phi) is 4.77. The highest BCUT2D eigenvalue weighted by atomic mass is 32.2. The summed E-state index contributed by atoms with van der Waals surface area (Å²) in [6, 6.07) is 0. The first kappa shape index (κ1) is 16.5. The topological polar surface area (TPSA) is 55.2 Å². The number of aryl methyl sites for hydroxylation is 2. The predicted molar refractivity (Wildman–Crippen MR) is 95.6 cm³/mol. The second-order valence-corrected chi connectivity index (χ2v) is 7.93. The van der Waals surface area contributed by atoms with Gasteiger partial charge in [0.05, 0.1) is 11.1 Å². The fourth-order valence-corrected chi connectivity index (χ4v) is 4.92. The maximum Gasteiger partial charge on any atom is 0.263 e. The highest BCUT2D eigenvalue weighted by Crippen LogP contribution is 2.28. The summed E-state index contributed by atoms with van der Waals surface area (Å²) in [5, 5.41) is 1.38. The van der Waals surface area contributed by atoms with Crippen molar-refractivity contribution in [3.8, 4) is 0 Å². The van der Waals surface area contributed by atoms with E-state index in [-0.39, 0.29) is 11.5 Å². The minimum atomic E-state index is 0.00970. The Morgan fingerprint density at radius 1 is 1.30 bits per heavy atom. The van der Waals surface area contributed by atoms with Crippen molar-refractivity contribution in [2.24, 2.45) is 0 Å². The molecule has 3 rings (SSSR count). The summed E-state index contributed by atoms with van der Waals surface area (Å²) in [5.41, 5.74) is 1.03. The molecule has 7 heteroatoms. The van der Waals surface area contributed by atoms with E-state index < -0.39 is 0 Å². The van der Waals surface area contributed by atoms with Gasteiger partial charge in [-0.1, -0.05) is 11.8 Å². The van der Waals surface area contributed by atoms with E-state index in [1.165, 1.54) is 11.8 Å². The first-order valence-corrected chi connectivity index (χ1v) is 9.74. The van der Waals surface area contributed by atoms with Crippen LogP contribution >= 0.6 is 23.1 Å². The fraction of sp³-hybridized carbons (Fsp3) is 0.562. The monoisotopic (exact) mass is 351 g/mol. The Labute approximate surface area is 143 Å². The number of carbonyl (C=O) groups excluding carboxylic acids is 1. The van der Waals surface area contributed by atoms with E-state index in [2.05, 4.69) is 4.98 Å². The van der Waals surface area contributed by atoms with E-state index in [4.69, 9.17) is 0 Å². The Morgan fingerprint density at radius 2 is 2.00 bits per heavy atom. The standard InChI is InChI=1S/C16H21N3O2S2/c1-4-19-15(21)13-10(2)11(3)23-14(13)17-16(19)22-9-12(20)18-7-5-6-8-18/h4-9H2,1-3H3. The molecule has 0 unspecified atom stereocenters. The van der Waals surface area contributed by atoms with E-state index in [1.54, 1.807) is 15.9 Å². The molecule has 0 atom stereocenters. The van der Waals surface area contributed by atoms with Gasteiger partial charge in [0.25, 0.3) is 5.56 Å². The van der Waals surface area contributed by atoms with Crippen LogP contribution in [0.2, 0.25) is 0 Å². The van der Waals surface area contributed by atoms with Gasteiger partial charge < -0.3 is 4.90 Å². The van der Waals surface area contributed by atoms with Gasteiger partial charge in [-0.05, 0) is 39.2 Å². The van der Waals surface area contributed by atoms with Gasteiger partial charge in [0.1, 0.15) is 4.83 Å². The van der Waals surface area contributed by atoms with E-state index in [0.29, 0.717) is 17.5 Å². The number of hydrogen-bond acceptors (Lipinski definition) is 5. The van der Waals surface area contributed by atoms with Crippen LogP contribution < -0.4 is 5.56 Å². The van der Waals surface area contributed by atoms with Gasteiger partial charge in [0.2, 0.25) is 5.91 Å². The molecule has 23 heavy (non-hydrogen) atoms. The molecule has 1 aliphatic heterocycles. The average molecular weight is 351 g/mol. The third-order valence-electron chi connectivity index (χ3n) is 4.35. The number of thiophene rings is 1. The lowest BCUT2D eigenvalue weighted by Gasteiger charge is -2.15. The molecule has 1 aliphatic rings. The molecule has 1 amide bonds. The summed E-state index contributed by atoms with van der Waals surface area (Å²) < 4.78 is 1.68. The lowest BCUT2D eigenvalue weighted by Crippen LogP contribution is -2.30. The SMILES string of the molecule is CCn1c(SCC(=O)N2CCCC2)nc2sc(C)c(C)c2c1=O. The molecular weight excluding hydrogens is 330 g/mol. The quantitative estimate of drug-likeness (QED) is 0.628. The van der Waals surface area contributed by atoms with Gasteiger partial charge in [-0.15, -0.1) is 11.3 Å². The molecule has 0 bridgehead atoms. The molecule has 1 saturated heterocycles. The summed E-state index contributed by atoms with van der Waals surface area (Å²) in [7, 11) is 0. The second-order valence-electron chi connectivity index (χ2n) is 5.78. The zero-order valence-electron chi connectivity index (χ0n) is 13.7. The zero-order valence-corrected chi connectivity index (χ0v) is 15.4. The van der Waals surface area contributed by atoms with Crippen LogP contribution in [0.15, 0.2) is 9.95 Å². The van der Waals surface area contributed by atoms with Crippen LogP contribution in [-0.2, 0) is 11.3 Å². The molecule has 124 valence electrons. The van der Waals surface area contributed by atoms with Gasteiger partial charge in [-0.25, -0.2) is 4.98 Å². The number of likely N-dealkylation sites (tertiary alicyclic amines) is 1. The normalized spacial score (nSPS) is 14.8. The van der Waals surface area contributed by atoms with Crippen molar-refractivity contribution < 1.29 is 4.79 Å².